The Morgan fingerprint density at radius 3 is 2.29 bits per heavy atom. The number of halogens is 2. The molecule has 0 aromatic heterocycles. The molecule has 6 nitrogen and oxygen atoms in total. The number of carbonyl (C=O) groups is 1. The molecule has 0 bridgehead atoms. The number of hydrogen-bond donors (Lipinski definition) is 2. The molecule has 0 saturated carbocycles. The van der Waals surface area contributed by atoms with Gasteiger partial charge in [0.2, 0.25) is 15.9 Å². The Balaban J connectivity index is 2.44. The summed E-state index contributed by atoms with van der Waals surface area (Å²) >= 11 is 6.46. The molecule has 1 saturated heterocycles. The van der Waals surface area contributed by atoms with Gasteiger partial charge < -0.3 is 11.5 Å². The Bertz CT molecular complexity index is 685. The second kappa shape index (κ2) is 5.53. The molecule has 1 amide bonds. The van der Waals surface area contributed by atoms with Crippen LogP contribution < -0.4 is 11.5 Å². The van der Waals surface area contributed by atoms with Crippen molar-refractivity contribution in [3.05, 3.63) is 21.1 Å². The largest absolute Gasteiger partial charge is 0.399 e. The number of amides is 1. The van der Waals surface area contributed by atoms with Crippen molar-refractivity contribution < 1.29 is 13.2 Å². The Kier molecular flexibility index (Phi) is 4.40. The zero-order valence-corrected chi connectivity index (χ0v) is 15.3. The SMILES string of the molecule is CC1(C(N)=O)CCN(S(=O)(=O)c2c(Br)cc(N)cc2Br)C1. The number of nitrogen functional groups attached to an aromatic ring is 1. The van der Waals surface area contributed by atoms with Crippen molar-refractivity contribution in [3.8, 4) is 0 Å². The molecule has 1 heterocycles. The summed E-state index contributed by atoms with van der Waals surface area (Å²) in [6.07, 6.45) is 0.409. The van der Waals surface area contributed by atoms with Crippen LogP contribution in [0.5, 0.6) is 0 Å². The molecule has 116 valence electrons. The number of nitrogens with two attached hydrogens (primary N) is 2. The summed E-state index contributed by atoms with van der Waals surface area (Å²) < 4.78 is 27.6. The Labute approximate surface area is 140 Å². The molecule has 4 N–H and O–H groups in total. The molecule has 2 rings (SSSR count). The Morgan fingerprint density at radius 1 is 1.33 bits per heavy atom. The molecule has 1 unspecified atom stereocenters. The van der Waals surface area contributed by atoms with Crippen LogP contribution in [0.25, 0.3) is 0 Å². The highest BCUT2D eigenvalue weighted by Gasteiger charge is 2.44. The number of carbonyl (C=O) groups excluding carboxylic acids is 1. The van der Waals surface area contributed by atoms with Crippen LogP contribution in [0.1, 0.15) is 13.3 Å². The molecule has 9 heteroatoms. The molecule has 21 heavy (non-hydrogen) atoms. The van der Waals surface area contributed by atoms with Gasteiger partial charge in [0.1, 0.15) is 4.90 Å². The lowest BCUT2D eigenvalue weighted by Crippen LogP contribution is -2.38. The van der Waals surface area contributed by atoms with E-state index in [4.69, 9.17) is 11.5 Å². The van der Waals surface area contributed by atoms with Crippen LogP contribution in [0.2, 0.25) is 0 Å². The van der Waals surface area contributed by atoms with Crippen molar-refractivity contribution in [2.45, 2.75) is 18.2 Å². The van der Waals surface area contributed by atoms with E-state index in [2.05, 4.69) is 31.9 Å². The fourth-order valence-corrected chi connectivity index (χ4v) is 6.38. The number of primary amides is 1. The smallest absolute Gasteiger partial charge is 0.245 e. The number of benzene rings is 1. The third-order valence-corrected chi connectivity index (χ3v) is 7.37. The highest BCUT2D eigenvalue weighted by molar-refractivity contribution is 9.11. The van der Waals surface area contributed by atoms with Gasteiger partial charge in [-0.3, -0.25) is 4.79 Å². The first-order valence-electron chi connectivity index (χ1n) is 6.12. The Hall–Kier alpha value is -0.640. The van der Waals surface area contributed by atoms with E-state index in [1.165, 1.54) is 16.4 Å². The van der Waals surface area contributed by atoms with Gasteiger partial charge in [0.15, 0.2) is 0 Å². The lowest BCUT2D eigenvalue weighted by molar-refractivity contribution is -0.126. The molecule has 1 aliphatic heterocycles. The molecule has 1 fully saturated rings. The van der Waals surface area contributed by atoms with E-state index in [0.717, 1.165) is 0 Å². The first-order chi connectivity index (χ1) is 9.58. The van der Waals surface area contributed by atoms with E-state index < -0.39 is 21.3 Å². The molecular weight excluding hydrogens is 426 g/mol. The summed E-state index contributed by atoms with van der Waals surface area (Å²) in [5.41, 5.74) is 10.6. The van der Waals surface area contributed by atoms with Crippen molar-refractivity contribution in [3.63, 3.8) is 0 Å². The molecule has 1 aliphatic rings. The average molecular weight is 441 g/mol. The van der Waals surface area contributed by atoms with E-state index >= 15 is 0 Å². The third-order valence-electron chi connectivity index (χ3n) is 3.65. The molecule has 1 aromatic rings. The summed E-state index contributed by atoms with van der Waals surface area (Å²) in [7, 11) is -3.75. The summed E-state index contributed by atoms with van der Waals surface area (Å²) in [6, 6.07) is 3.06. The van der Waals surface area contributed by atoms with E-state index in [9.17, 15) is 13.2 Å². The number of anilines is 1. The van der Waals surface area contributed by atoms with Crippen LogP contribution >= 0.6 is 31.9 Å². The zero-order chi connectivity index (χ0) is 16.0. The molecule has 1 aromatic carbocycles. The first kappa shape index (κ1) is 16.7. The quantitative estimate of drug-likeness (QED) is 0.697. The standard InChI is InChI=1S/C12H15Br2N3O3S/c1-12(11(16)18)2-3-17(6-12)21(19,20)10-8(13)4-7(15)5-9(10)14/h4-5H,2-3,6,15H2,1H3,(H2,16,18). The maximum Gasteiger partial charge on any atom is 0.245 e. The van der Waals surface area contributed by atoms with Gasteiger partial charge in [-0.05, 0) is 57.3 Å². The predicted molar refractivity (Wildman–Crippen MR) is 86.9 cm³/mol. The van der Waals surface area contributed by atoms with Gasteiger partial charge >= 0.3 is 0 Å². The minimum atomic E-state index is -3.75. The van der Waals surface area contributed by atoms with Crippen LogP contribution in [0.15, 0.2) is 26.0 Å². The van der Waals surface area contributed by atoms with Crippen LogP contribution in [-0.4, -0.2) is 31.7 Å². The topological polar surface area (TPSA) is 106 Å². The van der Waals surface area contributed by atoms with Crippen molar-refractivity contribution in [1.29, 1.82) is 0 Å². The summed E-state index contributed by atoms with van der Waals surface area (Å²) in [4.78, 5) is 11.6. The van der Waals surface area contributed by atoms with Gasteiger partial charge in [-0.1, -0.05) is 0 Å². The van der Waals surface area contributed by atoms with Crippen LogP contribution in [0.4, 0.5) is 5.69 Å². The summed E-state index contributed by atoms with van der Waals surface area (Å²) in [5, 5.41) is 0. The van der Waals surface area contributed by atoms with Crippen molar-refractivity contribution in [2.75, 3.05) is 18.8 Å². The van der Waals surface area contributed by atoms with Gasteiger partial charge in [-0.2, -0.15) is 4.31 Å². The fourth-order valence-electron chi connectivity index (χ4n) is 2.28. The van der Waals surface area contributed by atoms with Gasteiger partial charge in [0.05, 0.1) is 5.41 Å². The van der Waals surface area contributed by atoms with Gasteiger partial charge in [-0.15, -0.1) is 0 Å². The molecule has 0 spiro atoms. The van der Waals surface area contributed by atoms with Crippen LogP contribution in [0.3, 0.4) is 0 Å². The second-order valence-electron chi connectivity index (χ2n) is 5.33. The number of sulfonamides is 1. The first-order valence-corrected chi connectivity index (χ1v) is 9.15. The maximum absolute atomic E-state index is 12.8. The van der Waals surface area contributed by atoms with E-state index in [1.54, 1.807) is 6.92 Å². The Morgan fingerprint density at radius 2 is 1.86 bits per heavy atom. The molecule has 0 aliphatic carbocycles. The maximum atomic E-state index is 12.8. The van der Waals surface area contributed by atoms with Crippen molar-refractivity contribution >= 4 is 53.5 Å². The number of hydrogen-bond acceptors (Lipinski definition) is 4. The van der Waals surface area contributed by atoms with Gasteiger partial charge in [-0.25, -0.2) is 8.42 Å². The average Bonchev–Trinajstić information content (AvgIpc) is 2.72. The number of nitrogens with zero attached hydrogens (tertiary/aromatic N) is 1. The summed E-state index contributed by atoms with van der Waals surface area (Å²) in [5.74, 6) is -0.490. The molecule has 1 atom stereocenters. The number of rotatable bonds is 3. The van der Waals surface area contributed by atoms with E-state index in [0.29, 0.717) is 21.1 Å². The van der Waals surface area contributed by atoms with Crippen LogP contribution in [-0.2, 0) is 14.8 Å². The summed E-state index contributed by atoms with van der Waals surface area (Å²) in [6.45, 7) is 2.01. The van der Waals surface area contributed by atoms with Crippen LogP contribution in [0, 0.1) is 5.41 Å². The minimum absolute atomic E-state index is 0.0773. The molecule has 0 radical (unpaired) electrons. The lowest BCUT2D eigenvalue weighted by atomic mass is 9.89. The highest BCUT2D eigenvalue weighted by Crippen LogP contribution is 2.38. The fraction of sp³-hybridized carbons (Fsp3) is 0.417. The lowest BCUT2D eigenvalue weighted by Gasteiger charge is -2.22. The monoisotopic (exact) mass is 439 g/mol. The van der Waals surface area contributed by atoms with E-state index in [1.807, 2.05) is 0 Å². The second-order valence-corrected chi connectivity index (χ2v) is 8.91. The third kappa shape index (κ3) is 2.96. The normalized spacial score (nSPS) is 23.4. The van der Waals surface area contributed by atoms with Crippen molar-refractivity contribution in [2.24, 2.45) is 11.1 Å². The predicted octanol–water partition coefficient (Wildman–Crippen LogP) is 1.68. The zero-order valence-electron chi connectivity index (χ0n) is 11.3. The highest BCUT2D eigenvalue weighted by atomic mass is 79.9. The minimum Gasteiger partial charge on any atom is -0.399 e. The van der Waals surface area contributed by atoms with Crippen molar-refractivity contribution in [1.82, 2.24) is 4.31 Å². The van der Waals surface area contributed by atoms with Gasteiger partial charge in [0.25, 0.3) is 0 Å². The van der Waals surface area contributed by atoms with E-state index in [-0.39, 0.29) is 18.0 Å². The molecular formula is C12H15Br2N3O3S. The van der Waals surface area contributed by atoms with Gasteiger partial charge in [0, 0.05) is 27.7 Å².